The number of rotatable bonds is 8. The van der Waals surface area contributed by atoms with Crippen LogP contribution in [0, 0.1) is 0 Å². The summed E-state index contributed by atoms with van der Waals surface area (Å²) in [7, 11) is 0. The first kappa shape index (κ1) is 18.8. The molecule has 0 unspecified atom stereocenters. The first-order valence-electron chi connectivity index (χ1n) is 9.49. The normalized spacial score (nSPS) is 10.7. The number of amides is 1. The van der Waals surface area contributed by atoms with Gasteiger partial charge in [0.25, 0.3) is 5.91 Å². The fraction of sp³-hybridized carbons (Fsp3) is 0.261. The molecule has 4 heteroatoms. The maximum atomic E-state index is 11.1. The van der Waals surface area contributed by atoms with E-state index < -0.39 is 5.91 Å². The summed E-state index contributed by atoms with van der Waals surface area (Å²) in [5.41, 5.74) is 10.2. The lowest BCUT2D eigenvalue weighted by molar-refractivity contribution is 0.0999. The third-order valence-corrected chi connectivity index (χ3v) is 4.69. The molecule has 4 nitrogen and oxygen atoms in total. The molecule has 0 aliphatic carbocycles. The fourth-order valence-electron chi connectivity index (χ4n) is 3.04. The Bertz CT molecular complexity index is 869. The van der Waals surface area contributed by atoms with Crippen LogP contribution in [-0.4, -0.2) is 15.9 Å². The standard InChI is InChI=1S/C23H25N3O/c1-2-3-4-5-6-17-7-9-18(10-8-17)19-11-13-20(14-12-19)23-25-15-21(16-26-23)22(24)27/h7-16H,2-6H2,1H3,(H2,24,27). The zero-order valence-electron chi connectivity index (χ0n) is 15.7. The highest BCUT2D eigenvalue weighted by molar-refractivity contribution is 5.92. The van der Waals surface area contributed by atoms with Crippen LogP contribution < -0.4 is 5.73 Å². The third kappa shape index (κ3) is 5.00. The van der Waals surface area contributed by atoms with Gasteiger partial charge in [0.2, 0.25) is 0 Å². The molecule has 0 bridgehead atoms. The second kappa shape index (κ2) is 9.08. The van der Waals surface area contributed by atoms with E-state index in [-0.39, 0.29) is 0 Å². The van der Waals surface area contributed by atoms with Crippen molar-refractivity contribution in [1.82, 2.24) is 9.97 Å². The van der Waals surface area contributed by atoms with Crippen molar-refractivity contribution in [3.05, 3.63) is 72.1 Å². The van der Waals surface area contributed by atoms with Crippen molar-refractivity contribution in [1.29, 1.82) is 0 Å². The Morgan fingerprint density at radius 2 is 1.37 bits per heavy atom. The largest absolute Gasteiger partial charge is 0.366 e. The minimum absolute atomic E-state index is 0.310. The smallest absolute Gasteiger partial charge is 0.251 e. The number of hydrogen-bond donors (Lipinski definition) is 1. The van der Waals surface area contributed by atoms with E-state index in [0.717, 1.165) is 17.5 Å². The van der Waals surface area contributed by atoms with Crippen LogP contribution in [0.15, 0.2) is 60.9 Å². The van der Waals surface area contributed by atoms with E-state index in [9.17, 15) is 4.79 Å². The first-order valence-corrected chi connectivity index (χ1v) is 9.49. The second-order valence-corrected chi connectivity index (χ2v) is 6.74. The molecule has 0 radical (unpaired) electrons. The number of aryl methyl sites for hydroxylation is 1. The van der Waals surface area contributed by atoms with Crippen LogP contribution in [0.5, 0.6) is 0 Å². The molecule has 0 fully saturated rings. The molecule has 3 aromatic rings. The van der Waals surface area contributed by atoms with Crippen LogP contribution in [0.4, 0.5) is 0 Å². The van der Waals surface area contributed by atoms with Gasteiger partial charge in [-0.15, -0.1) is 0 Å². The molecule has 1 aromatic heterocycles. The van der Waals surface area contributed by atoms with Crippen molar-refractivity contribution in [2.75, 3.05) is 0 Å². The summed E-state index contributed by atoms with van der Waals surface area (Å²) in [4.78, 5) is 19.5. The molecule has 0 spiro atoms. The number of nitrogens with two attached hydrogens (primary N) is 1. The van der Waals surface area contributed by atoms with Crippen molar-refractivity contribution in [3.8, 4) is 22.5 Å². The van der Waals surface area contributed by atoms with Crippen molar-refractivity contribution >= 4 is 5.91 Å². The molecule has 1 heterocycles. The summed E-state index contributed by atoms with van der Waals surface area (Å²) >= 11 is 0. The lowest BCUT2D eigenvalue weighted by Gasteiger charge is -2.06. The van der Waals surface area contributed by atoms with Crippen LogP contribution in [0.2, 0.25) is 0 Å². The minimum Gasteiger partial charge on any atom is -0.366 e. The van der Waals surface area contributed by atoms with E-state index in [0.29, 0.717) is 11.4 Å². The SMILES string of the molecule is CCCCCCc1ccc(-c2ccc(-c3ncc(C(N)=O)cn3)cc2)cc1. The van der Waals surface area contributed by atoms with Gasteiger partial charge in [0, 0.05) is 18.0 Å². The van der Waals surface area contributed by atoms with E-state index in [1.54, 1.807) is 0 Å². The topological polar surface area (TPSA) is 68.9 Å². The number of unbranched alkanes of at least 4 members (excludes halogenated alkanes) is 3. The lowest BCUT2D eigenvalue weighted by atomic mass is 10.00. The predicted octanol–water partition coefficient (Wildman–Crippen LogP) is 5.03. The molecule has 0 aliphatic rings. The quantitative estimate of drug-likeness (QED) is 0.573. The first-order chi connectivity index (χ1) is 13.2. The van der Waals surface area contributed by atoms with Gasteiger partial charge in [-0.05, 0) is 29.5 Å². The Labute approximate surface area is 160 Å². The van der Waals surface area contributed by atoms with Crippen molar-refractivity contribution in [3.63, 3.8) is 0 Å². The summed E-state index contributed by atoms with van der Waals surface area (Å²) < 4.78 is 0. The van der Waals surface area contributed by atoms with E-state index >= 15 is 0 Å². The molecule has 0 aliphatic heterocycles. The molecule has 3 rings (SSSR count). The summed E-state index contributed by atoms with van der Waals surface area (Å²) in [5, 5.41) is 0. The van der Waals surface area contributed by atoms with Crippen molar-refractivity contribution in [2.45, 2.75) is 39.0 Å². The summed E-state index contributed by atoms with van der Waals surface area (Å²) in [6.45, 7) is 2.24. The highest BCUT2D eigenvalue weighted by atomic mass is 16.1. The summed E-state index contributed by atoms with van der Waals surface area (Å²) in [5.74, 6) is 0.0553. The van der Waals surface area contributed by atoms with Gasteiger partial charge in [0.15, 0.2) is 5.82 Å². The molecule has 27 heavy (non-hydrogen) atoms. The van der Waals surface area contributed by atoms with Crippen molar-refractivity contribution < 1.29 is 4.79 Å². The zero-order chi connectivity index (χ0) is 19.1. The Balaban J connectivity index is 1.67. The van der Waals surface area contributed by atoms with Gasteiger partial charge in [-0.1, -0.05) is 74.7 Å². The van der Waals surface area contributed by atoms with E-state index in [2.05, 4.69) is 53.3 Å². The van der Waals surface area contributed by atoms with Crippen LogP contribution in [-0.2, 0) is 6.42 Å². The average molecular weight is 359 g/mol. The van der Waals surface area contributed by atoms with Gasteiger partial charge in [0.1, 0.15) is 0 Å². The number of aromatic nitrogens is 2. The van der Waals surface area contributed by atoms with Gasteiger partial charge in [-0.2, -0.15) is 0 Å². The van der Waals surface area contributed by atoms with E-state index in [1.807, 2.05) is 12.1 Å². The van der Waals surface area contributed by atoms with Gasteiger partial charge < -0.3 is 5.73 Å². The Morgan fingerprint density at radius 1 is 0.815 bits per heavy atom. The molecule has 138 valence electrons. The van der Waals surface area contributed by atoms with Crippen LogP contribution in [0.1, 0.15) is 48.5 Å². The molecule has 1 amide bonds. The minimum atomic E-state index is -0.522. The number of hydrogen-bond acceptors (Lipinski definition) is 3. The molecule has 2 aromatic carbocycles. The van der Waals surface area contributed by atoms with Crippen LogP contribution in [0.25, 0.3) is 22.5 Å². The van der Waals surface area contributed by atoms with Gasteiger partial charge in [0.05, 0.1) is 5.56 Å². The predicted molar refractivity (Wildman–Crippen MR) is 109 cm³/mol. The maximum Gasteiger partial charge on any atom is 0.251 e. The molecule has 0 saturated heterocycles. The lowest BCUT2D eigenvalue weighted by Crippen LogP contribution is -2.11. The average Bonchev–Trinajstić information content (AvgIpc) is 2.72. The monoisotopic (exact) mass is 359 g/mol. The molecule has 2 N–H and O–H groups in total. The number of carbonyl (C=O) groups excluding carboxylic acids is 1. The highest BCUT2D eigenvalue weighted by Gasteiger charge is 2.05. The van der Waals surface area contributed by atoms with Gasteiger partial charge in [-0.25, -0.2) is 9.97 Å². The molecular weight excluding hydrogens is 334 g/mol. The number of nitrogens with zero attached hydrogens (tertiary/aromatic N) is 2. The number of primary amides is 1. The van der Waals surface area contributed by atoms with E-state index in [1.165, 1.54) is 49.2 Å². The summed E-state index contributed by atoms with van der Waals surface area (Å²) in [6.07, 6.45) is 9.22. The molecule has 0 atom stereocenters. The highest BCUT2D eigenvalue weighted by Crippen LogP contribution is 2.24. The van der Waals surface area contributed by atoms with Crippen molar-refractivity contribution in [2.24, 2.45) is 5.73 Å². The Morgan fingerprint density at radius 3 is 1.93 bits per heavy atom. The fourth-order valence-corrected chi connectivity index (χ4v) is 3.04. The van der Waals surface area contributed by atoms with Crippen LogP contribution >= 0.6 is 0 Å². The number of benzene rings is 2. The second-order valence-electron chi connectivity index (χ2n) is 6.74. The van der Waals surface area contributed by atoms with Gasteiger partial charge in [-0.3, -0.25) is 4.79 Å². The van der Waals surface area contributed by atoms with Gasteiger partial charge >= 0.3 is 0 Å². The Hall–Kier alpha value is -3.01. The number of carbonyl (C=O) groups is 1. The maximum absolute atomic E-state index is 11.1. The summed E-state index contributed by atoms with van der Waals surface area (Å²) in [6, 6.07) is 16.9. The molecular formula is C23H25N3O. The third-order valence-electron chi connectivity index (χ3n) is 4.69. The zero-order valence-corrected chi connectivity index (χ0v) is 15.7. The van der Waals surface area contributed by atoms with E-state index in [4.69, 9.17) is 5.73 Å². The van der Waals surface area contributed by atoms with Crippen LogP contribution in [0.3, 0.4) is 0 Å². The Kier molecular flexibility index (Phi) is 6.31. The molecule has 0 saturated carbocycles.